The Balaban J connectivity index is 1.90. The minimum absolute atomic E-state index is 0.435. The molecule has 118 valence electrons. The second kappa shape index (κ2) is 7.09. The summed E-state index contributed by atoms with van der Waals surface area (Å²) >= 11 is 0. The molecule has 0 unspecified atom stereocenters. The lowest BCUT2D eigenvalue weighted by Crippen LogP contribution is -2.49. The maximum absolute atomic E-state index is 12.4. The van der Waals surface area contributed by atoms with Gasteiger partial charge in [-0.3, -0.25) is 9.88 Å². The van der Waals surface area contributed by atoms with Gasteiger partial charge < -0.3 is 10.2 Å². The summed E-state index contributed by atoms with van der Waals surface area (Å²) in [5, 5.41) is 3.21. The van der Waals surface area contributed by atoms with E-state index in [-0.39, 0.29) is 0 Å². The third-order valence-electron chi connectivity index (χ3n) is 3.50. The van der Waals surface area contributed by atoms with E-state index in [0.29, 0.717) is 32.7 Å². The van der Waals surface area contributed by atoms with Crippen molar-refractivity contribution < 1.29 is 13.2 Å². The lowest BCUT2D eigenvalue weighted by atomic mass is 10.2. The predicted molar refractivity (Wildman–Crippen MR) is 76.3 cm³/mol. The highest BCUT2D eigenvalue weighted by molar-refractivity contribution is 5.47. The quantitative estimate of drug-likeness (QED) is 0.900. The van der Waals surface area contributed by atoms with E-state index in [9.17, 15) is 13.2 Å². The number of alkyl halides is 3. The molecular formula is C14H21F3N4. The molecule has 2 heterocycles. The zero-order chi connectivity index (χ0) is 15.3. The van der Waals surface area contributed by atoms with E-state index in [1.165, 1.54) is 4.90 Å². The number of nitrogens with one attached hydrogen (secondary N) is 1. The van der Waals surface area contributed by atoms with Gasteiger partial charge in [0.15, 0.2) is 0 Å². The Kier molecular flexibility index (Phi) is 5.41. The van der Waals surface area contributed by atoms with E-state index in [2.05, 4.69) is 15.2 Å². The van der Waals surface area contributed by atoms with Crippen LogP contribution in [0.1, 0.15) is 12.6 Å². The normalized spacial score (nSPS) is 17.2. The van der Waals surface area contributed by atoms with Gasteiger partial charge in [-0.2, -0.15) is 13.2 Å². The maximum Gasteiger partial charge on any atom is 0.401 e. The number of nitrogens with zero attached hydrogens (tertiary/aromatic N) is 3. The highest BCUT2D eigenvalue weighted by atomic mass is 19.4. The summed E-state index contributed by atoms with van der Waals surface area (Å²) in [5.41, 5.74) is 1.98. The molecule has 0 spiro atoms. The Morgan fingerprint density at radius 3 is 2.57 bits per heavy atom. The van der Waals surface area contributed by atoms with Crippen LogP contribution in [0.3, 0.4) is 0 Å². The number of hydrogen-bond acceptors (Lipinski definition) is 4. The molecular weight excluding hydrogens is 281 g/mol. The van der Waals surface area contributed by atoms with Crippen LogP contribution < -0.4 is 10.2 Å². The van der Waals surface area contributed by atoms with Crippen LogP contribution in [0.25, 0.3) is 0 Å². The van der Waals surface area contributed by atoms with E-state index in [1.54, 1.807) is 6.20 Å². The van der Waals surface area contributed by atoms with Gasteiger partial charge in [-0.05, 0) is 18.7 Å². The van der Waals surface area contributed by atoms with Crippen molar-refractivity contribution in [3.8, 4) is 0 Å². The third-order valence-corrected chi connectivity index (χ3v) is 3.50. The first-order valence-corrected chi connectivity index (χ1v) is 7.17. The SMILES string of the molecule is CCNCc1cc(N2CCN(CC(F)(F)F)CC2)ccn1. The first-order valence-electron chi connectivity index (χ1n) is 7.17. The van der Waals surface area contributed by atoms with Gasteiger partial charge in [-0.25, -0.2) is 0 Å². The Hall–Kier alpha value is -1.34. The van der Waals surface area contributed by atoms with Crippen molar-refractivity contribution in [2.24, 2.45) is 0 Å². The minimum Gasteiger partial charge on any atom is -0.369 e. The van der Waals surface area contributed by atoms with Gasteiger partial charge in [0.25, 0.3) is 0 Å². The van der Waals surface area contributed by atoms with E-state index in [0.717, 1.165) is 17.9 Å². The van der Waals surface area contributed by atoms with Crippen LogP contribution in [-0.2, 0) is 6.54 Å². The number of hydrogen-bond donors (Lipinski definition) is 1. The van der Waals surface area contributed by atoms with Crippen LogP contribution in [0.4, 0.5) is 18.9 Å². The van der Waals surface area contributed by atoms with Crippen molar-refractivity contribution in [2.75, 3.05) is 44.2 Å². The lowest BCUT2D eigenvalue weighted by Gasteiger charge is -2.36. The van der Waals surface area contributed by atoms with Gasteiger partial charge in [-0.15, -0.1) is 0 Å². The van der Waals surface area contributed by atoms with Crippen LogP contribution in [0.2, 0.25) is 0 Å². The molecule has 0 bridgehead atoms. The Labute approximate surface area is 122 Å². The summed E-state index contributed by atoms with van der Waals surface area (Å²) in [6, 6.07) is 3.91. The molecule has 1 saturated heterocycles. The Morgan fingerprint density at radius 2 is 1.95 bits per heavy atom. The molecule has 0 amide bonds. The van der Waals surface area contributed by atoms with Crippen molar-refractivity contribution in [3.05, 3.63) is 24.0 Å². The molecule has 1 aliphatic rings. The summed E-state index contributed by atoms with van der Waals surface area (Å²) in [6.07, 6.45) is -2.36. The molecule has 0 saturated carbocycles. The van der Waals surface area contributed by atoms with Crippen molar-refractivity contribution in [2.45, 2.75) is 19.6 Å². The van der Waals surface area contributed by atoms with Crippen LogP contribution in [0.15, 0.2) is 18.3 Å². The van der Waals surface area contributed by atoms with E-state index >= 15 is 0 Å². The van der Waals surface area contributed by atoms with Crippen molar-refractivity contribution in [3.63, 3.8) is 0 Å². The first-order chi connectivity index (χ1) is 9.98. The number of anilines is 1. The fourth-order valence-electron chi connectivity index (χ4n) is 2.43. The Morgan fingerprint density at radius 1 is 1.24 bits per heavy atom. The lowest BCUT2D eigenvalue weighted by molar-refractivity contribution is -0.146. The van der Waals surface area contributed by atoms with Gasteiger partial charge >= 0.3 is 6.18 Å². The smallest absolute Gasteiger partial charge is 0.369 e. The molecule has 1 N–H and O–H groups in total. The van der Waals surface area contributed by atoms with Gasteiger partial charge in [0.05, 0.1) is 12.2 Å². The van der Waals surface area contributed by atoms with E-state index in [1.807, 2.05) is 19.1 Å². The number of piperazine rings is 1. The summed E-state index contributed by atoms with van der Waals surface area (Å²) in [7, 11) is 0. The average Bonchev–Trinajstić information content (AvgIpc) is 2.44. The molecule has 0 atom stereocenters. The first kappa shape index (κ1) is 16.0. The monoisotopic (exact) mass is 302 g/mol. The minimum atomic E-state index is -4.11. The summed E-state index contributed by atoms with van der Waals surface area (Å²) in [6.45, 7) is 4.89. The van der Waals surface area contributed by atoms with Crippen molar-refractivity contribution in [1.29, 1.82) is 0 Å². The van der Waals surface area contributed by atoms with Crippen LogP contribution in [-0.4, -0.2) is 55.3 Å². The van der Waals surface area contributed by atoms with Crippen molar-refractivity contribution >= 4 is 5.69 Å². The molecule has 7 heteroatoms. The van der Waals surface area contributed by atoms with Gasteiger partial charge in [-0.1, -0.05) is 6.92 Å². The van der Waals surface area contributed by atoms with Crippen LogP contribution in [0, 0.1) is 0 Å². The predicted octanol–water partition coefficient (Wildman–Crippen LogP) is 1.88. The summed E-state index contributed by atoms with van der Waals surface area (Å²) in [4.78, 5) is 7.86. The summed E-state index contributed by atoms with van der Waals surface area (Å²) < 4.78 is 37.1. The number of aromatic nitrogens is 1. The number of rotatable bonds is 5. The summed E-state index contributed by atoms with van der Waals surface area (Å²) in [5.74, 6) is 0. The second-order valence-electron chi connectivity index (χ2n) is 5.16. The molecule has 0 aliphatic carbocycles. The third kappa shape index (κ3) is 5.17. The molecule has 1 aromatic heterocycles. The topological polar surface area (TPSA) is 31.4 Å². The molecule has 2 rings (SSSR count). The van der Waals surface area contributed by atoms with Gasteiger partial charge in [0.1, 0.15) is 0 Å². The highest BCUT2D eigenvalue weighted by Crippen LogP contribution is 2.20. The number of pyridine rings is 1. The molecule has 1 aromatic rings. The standard InChI is InChI=1S/C14H21F3N4/c1-2-18-10-12-9-13(3-4-19-12)21-7-5-20(6-8-21)11-14(15,16)17/h3-4,9,18H,2,5-8,10-11H2,1H3. The van der Waals surface area contributed by atoms with Gasteiger partial charge in [0.2, 0.25) is 0 Å². The average molecular weight is 302 g/mol. The van der Waals surface area contributed by atoms with E-state index < -0.39 is 12.7 Å². The fraction of sp³-hybridized carbons (Fsp3) is 0.643. The van der Waals surface area contributed by atoms with Crippen molar-refractivity contribution in [1.82, 2.24) is 15.2 Å². The number of halogens is 3. The molecule has 1 aliphatic heterocycles. The van der Waals surface area contributed by atoms with Crippen LogP contribution in [0.5, 0.6) is 0 Å². The Bertz CT molecular complexity index is 442. The molecule has 0 radical (unpaired) electrons. The maximum atomic E-state index is 12.4. The molecule has 1 fully saturated rings. The van der Waals surface area contributed by atoms with Crippen LogP contribution >= 0.6 is 0 Å². The highest BCUT2D eigenvalue weighted by Gasteiger charge is 2.32. The molecule has 21 heavy (non-hydrogen) atoms. The zero-order valence-corrected chi connectivity index (χ0v) is 12.2. The largest absolute Gasteiger partial charge is 0.401 e. The van der Waals surface area contributed by atoms with Gasteiger partial charge in [0, 0.05) is 44.6 Å². The fourth-order valence-corrected chi connectivity index (χ4v) is 2.43. The van der Waals surface area contributed by atoms with E-state index in [4.69, 9.17) is 0 Å². The molecule has 0 aromatic carbocycles. The zero-order valence-electron chi connectivity index (χ0n) is 12.2. The molecule has 4 nitrogen and oxygen atoms in total. The second-order valence-corrected chi connectivity index (χ2v) is 5.16.